The zero-order valence-electron chi connectivity index (χ0n) is 15.4. The summed E-state index contributed by atoms with van der Waals surface area (Å²) in [5.74, 6) is 0. The van der Waals surface area contributed by atoms with Gasteiger partial charge in [0.2, 0.25) is 0 Å². The van der Waals surface area contributed by atoms with Crippen LogP contribution in [0.4, 0.5) is 0 Å². The Kier molecular flexibility index (Phi) is 11.8. The molecular formula is C18H38N2O4. The molecule has 6 nitrogen and oxygen atoms in total. The topological polar surface area (TPSA) is 94.0 Å². The van der Waals surface area contributed by atoms with Crippen LogP contribution in [-0.4, -0.2) is 65.6 Å². The number of aliphatic hydroxyl groups excluding tert-OH is 3. The second-order valence-electron chi connectivity index (χ2n) is 6.81. The summed E-state index contributed by atoms with van der Waals surface area (Å²) in [4.78, 5) is 0. The van der Waals surface area contributed by atoms with Crippen molar-refractivity contribution >= 4 is 0 Å². The standard InChI is InChI=1S/C18H38N2O4/c1-3-5-7-9-11-19-15-17(23)16(22)14(13-21)24-18(15)20-12-10-8-6-4-2/h14-23H,3-13H2,1-2H3/t14-,15-,16-,17-,18-/m1/s1. The first-order chi connectivity index (χ1) is 11.7. The van der Waals surface area contributed by atoms with Crippen LogP contribution in [0.3, 0.4) is 0 Å². The summed E-state index contributed by atoms with van der Waals surface area (Å²) in [6.45, 7) is 5.65. The van der Waals surface area contributed by atoms with Gasteiger partial charge in [0.15, 0.2) is 0 Å². The van der Waals surface area contributed by atoms with Gasteiger partial charge < -0.3 is 25.4 Å². The van der Waals surface area contributed by atoms with Crippen molar-refractivity contribution < 1.29 is 20.1 Å². The molecule has 1 aliphatic heterocycles. The van der Waals surface area contributed by atoms with Crippen molar-refractivity contribution in [1.82, 2.24) is 10.6 Å². The second kappa shape index (κ2) is 13.0. The quantitative estimate of drug-likeness (QED) is 0.321. The van der Waals surface area contributed by atoms with E-state index in [4.69, 9.17) is 4.74 Å². The fourth-order valence-corrected chi connectivity index (χ4v) is 3.14. The molecule has 1 heterocycles. The molecular weight excluding hydrogens is 308 g/mol. The van der Waals surface area contributed by atoms with E-state index < -0.39 is 24.5 Å². The molecule has 5 atom stereocenters. The van der Waals surface area contributed by atoms with E-state index in [1.165, 1.54) is 32.1 Å². The molecule has 144 valence electrons. The normalized spacial score (nSPS) is 30.6. The first kappa shape index (κ1) is 21.8. The monoisotopic (exact) mass is 346 g/mol. The number of hydrogen-bond acceptors (Lipinski definition) is 6. The molecule has 0 aromatic rings. The van der Waals surface area contributed by atoms with Crippen molar-refractivity contribution in [3.63, 3.8) is 0 Å². The highest BCUT2D eigenvalue weighted by Crippen LogP contribution is 2.20. The summed E-state index contributed by atoms with van der Waals surface area (Å²) in [5, 5.41) is 36.5. The Morgan fingerprint density at radius 1 is 0.792 bits per heavy atom. The Labute approximate surface area is 147 Å². The van der Waals surface area contributed by atoms with Crippen LogP contribution in [0.1, 0.15) is 65.2 Å². The number of nitrogens with one attached hydrogen (secondary N) is 2. The van der Waals surface area contributed by atoms with E-state index >= 15 is 0 Å². The Hall–Kier alpha value is -0.240. The SMILES string of the molecule is CCCCCCN[C@@H]1[C@@H](O)[C@H](O)[C@@H](CO)O[C@H]1NCCCCCC. The maximum absolute atomic E-state index is 10.4. The van der Waals surface area contributed by atoms with E-state index in [2.05, 4.69) is 24.5 Å². The lowest BCUT2D eigenvalue weighted by Gasteiger charge is -2.43. The molecule has 0 aliphatic carbocycles. The van der Waals surface area contributed by atoms with Crippen molar-refractivity contribution in [3.05, 3.63) is 0 Å². The summed E-state index contributed by atoms with van der Waals surface area (Å²) in [7, 11) is 0. The van der Waals surface area contributed by atoms with Crippen LogP contribution in [0.15, 0.2) is 0 Å². The van der Waals surface area contributed by atoms with Crippen LogP contribution >= 0.6 is 0 Å². The molecule has 0 aromatic heterocycles. The van der Waals surface area contributed by atoms with Gasteiger partial charge in [-0.1, -0.05) is 52.4 Å². The van der Waals surface area contributed by atoms with Gasteiger partial charge in [-0.2, -0.15) is 0 Å². The third-order valence-electron chi connectivity index (χ3n) is 4.71. The van der Waals surface area contributed by atoms with Crippen molar-refractivity contribution in [2.75, 3.05) is 19.7 Å². The Bertz CT molecular complexity index is 307. The molecule has 0 bridgehead atoms. The van der Waals surface area contributed by atoms with Gasteiger partial charge >= 0.3 is 0 Å². The number of aliphatic hydroxyl groups is 3. The zero-order valence-corrected chi connectivity index (χ0v) is 15.4. The van der Waals surface area contributed by atoms with Crippen molar-refractivity contribution in [2.24, 2.45) is 0 Å². The van der Waals surface area contributed by atoms with E-state index in [0.717, 1.165) is 32.4 Å². The molecule has 1 saturated heterocycles. The third kappa shape index (κ3) is 7.33. The molecule has 1 fully saturated rings. The molecule has 0 radical (unpaired) electrons. The van der Waals surface area contributed by atoms with Crippen LogP contribution in [0, 0.1) is 0 Å². The minimum atomic E-state index is -1.07. The summed E-state index contributed by atoms with van der Waals surface area (Å²) < 4.78 is 5.78. The molecule has 0 amide bonds. The number of hydrogen-bond donors (Lipinski definition) is 5. The van der Waals surface area contributed by atoms with Gasteiger partial charge in [-0.25, -0.2) is 0 Å². The second-order valence-corrected chi connectivity index (χ2v) is 6.81. The summed E-state index contributed by atoms with van der Waals surface area (Å²) >= 11 is 0. The smallest absolute Gasteiger partial charge is 0.126 e. The highest BCUT2D eigenvalue weighted by atomic mass is 16.5. The molecule has 0 unspecified atom stereocenters. The van der Waals surface area contributed by atoms with Crippen LogP contribution < -0.4 is 10.6 Å². The predicted molar refractivity (Wildman–Crippen MR) is 95.8 cm³/mol. The van der Waals surface area contributed by atoms with Crippen molar-refractivity contribution in [2.45, 2.75) is 95.8 Å². The van der Waals surface area contributed by atoms with Crippen molar-refractivity contribution in [1.29, 1.82) is 0 Å². The fourth-order valence-electron chi connectivity index (χ4n) is 3.14. The fraction of sp³-hybridized carbons (Fsp3) is 1.00. The van der Waals surface area contributed by atoms with Crippen LogP contribution in [0.5, 0.6) is 0 Å². The van der Waals surface area contributed by atoms with Gasteiger partial charge in [0.25, 0.3) is 0 Å². The molecule has 0 saturated carbocycles. The Balaban J connectivity index is 2.48. The van der Waals surface area contributed by atoms with E-state index in [0.29, 0.717) is 0 Å². The Morgan fingerprint density at radius 2 is 1.38 bits per heavy atom. The largest absolute Gasteiger partial charge is 0.394 e. The Morgan fingerprint density at radius 3 is 1.92 bits per heavy atom. The maximum atomic E-state index is 10.4. The van der Waals surface area contributed by atoms with E-state index in [1.807, 2.05) is 0 Å². The van der Waals surface area contributed by atoms with Gasteiger partial charge in [0, 0.05) is 0 Å². The van der Waals surface area contributed by atoms with Gasteiger partial charge in [-0.05, 0) is 25.9 Å². The van der Waals surface area contributed by atoms with Crippen LogP contribution in [0.25, 0.3) is 0 Å². The van der Waals surface area contributed by atoms with Gasteiger partial charge in [-0.3, -0.25) is 5.32 Å². The molecule has 24 heavy (non-hydrogen) atoms. The summed E-state index contributed by atoms with van der Waals surface area (Å²) in [6.07, 6.45) is 6.07. The summed E-state index contributed by atoms with van der Waals surface area (Å²) in [6, 6.07) is -0.365. The highest BCUT2D eigenvalue weighted by molar-refractivity contribution is 4.95. The predicted octanol–water partition coefficient (Wildman–Crippen LogP) is 1.13. The van der Waals surface area contributed by atoms with Crippen molar-refractivity contribution in [3.8, 4) is 0 Å². The number of rotatable bonds is 13. The van der Waals surface area contributed by atoms with E-state index in [-0.39, 0.29) is 12.6 Å². The lowest BCUT2D eigenvalue weighted by atomic mass is 9.95. The minimum Gasteiger partial charge on any atom is -0.394 e. The summed E-state index contributed by atoms with van der Waals surface area (Å²) in [5.41, 5.74) is 0. The van der Waals surface area contributed by atoms with Crippen LogP contribution in [0.2, 0.25) is 0 Å². The molecule has 5 N–H and O–H groups in total. The highest BCUT2D eigenvalue weighted by Gasteiger charge is 2.43. The molecule has 0 spiro atoms. The number of unbranched alkanes of at least 4 members (excludes halogenated alkanes) is 6. The first-order valence-corrected chi connectivity index (χ1v) is 9.74. The van der Waals surface area contributed by atoms with Crippen LogP contribution in [-0.2, 0) is 4.74 Å². The molecule has 0 aromatic carbocycles. The zero-order chi connectivity index (χ0) is 17.8. The lowest BCUT2D eigenvalue weighted by Crippen LogP contribution is -2.67. The minimum absolute atomic E-state index is 0.296. The third-order valence-corrected chi connectivity index (χ3v) is 4.71. The lowest BCUT2D eigenvalue weighted by molar-refractivity contribution is -0.202. The average molecular weight is 347 g/mol. The van der Waals surface area contributed by atoms with E-state index in [1.54, 1.807) is 0 Å². The van der Waals surface area contributed by atoms with Gasteiger partial charge in [-0.15, -0.1) is 0 Å². The first-order valence-electron chi connectivity index (χ1n) is 9.74. The van der Waals surface area contributed by atoms with Gasteiger partial charge in [0.1, 0.15) is 24.5 Å². The molecule has 6 heteroatoms. The number of ether oxygens (including phenoxy) is 1. The maximum Gasteiger partial charge on any atom is 0.126 e. The molecule has 1 aliphatic rings. The van der Waals surface area contributed by atoms with Gasteiger partial charge in [0.05, 0.1) is 12.6 Å². The molecule has 1 rings (SSSR count). The average Bonchev–Trinajstić information content (AvgIpc) is 2.59. The van der Waals surface area contributed by atoms with E-state index in [9.17, 15) is 15.3 Å².